The van der Waals surface area contributed by atoms with E-state index >= 15 is 0 Å². The molecular formula is C30H19Cl3N2O5. The average Bonchev–Trinajstić information content (AvgIpc) is 2.93. The lowest BCUT2D eigenvalue weighted by atomic mass is 10.2. The molecule has 0 radical (unpaired) electrons. The number of carbonyl (C=O) groups excluding carboxylic acids is 3. The molecule has 0 saturated heterocycles. The average molecular weight is 594 g/mol. The number of hydrogen-bond acceptors (Lipinski definition) is 6. The minimum atomic E-state index is -0.684. The number of hydrogen-bond donors (Lipinski definition) is 1. The SMILES string of the molecule is O=C(/C=C/c1ccccc1OC(=O)c1ccc(Cl)cc1)Oc1ccccc1/C=N/NC(=O)c1ccc(Cl)cc1Cl. The molecule has 7 nitrogen and oxygen atoms in total. The van der Waals surface area contributed by atoms with E-state index in [1.54, 1.807) is 72.8 Å². The minimum Gasteiger partial charge on any atom is -0.423 e. The largest absolute Gasteiger partial charge is 0.423 e. The van der Waals surface area contributed by atoms with Crippen LogP contribution in [0.15, 0.2) is 102 Å². The number of amides is 1. The monoisotopic (exact) mass is 592 g/mol. The van der Waals surface area contributed by atoms with Crippen LogP contribution in [0, 0.1) is 0 Å². The number of para-hydroxylation sites is 2. The maximum atomic E-state index is 12.6. The molecule has 1 N–H and O–H groups in total. The fraction of sp³-hybridized carbons (Fsp3) is 0. The Hall–Kier alpha value is -4.43. The highest BCUT2D eigenvalue weighted by molar-refractivity contribution is 6.36. The van der Waals surface area contributed by atoms with Crippen molar-refractivity contribution in [3.05, 3.63) is 134 Å². The quantitative estimate of drug-likeness (QED) is 0.0764. The number of rotatable bonds is 8. The summed E-state index contributed by atoms with van der Waals surface area (Å²) in [6.45, 7) is 0. The van der Waals surface area contributed by atoms with E-state index in [1.165, 1.54) is 36.6 Å². The Balaban J connectivity index is 1.41. The van der Waals surface area contributed by atoms with Crippen LogP contribution in [0.3, 0.4) is 0 Å². The van der Waals surface area contributed by atoms with Crippen LogP contribution >= 0.6 is 34.8 Å². The van der Waals surface area contributed by atoms with E-state index in [-0.39, 0.29) is 22.1 Å². The van der Waals surface area contributed by atoms with Gasteiger partial charge in [0.25, 0.3) is 5.91 Å². The predicted molar refractivity (Wildman–Crippen MR) is 155 cm³/mol. The van der Waals surface area contributed by atoms with Gasteiger partial charge in [-0.1, -0.05) is 65.1 Å². The van der Waals surface area contributed by atoms with Gasteiger partial charge in [-0.05, 0) is 66.7 Å². The Morgan fingerprint density at radius 3 is 2.05 bits per heavy atom. The van der Waals surface area contributed by atoms with Crippen LogP contribution in [-0.4, -0.2) is 24.1 Å². The normalized spacial score (nSPS) is 11.0. The molecule has 0 saturated carbocycles. The predicted octanol–water partition coefficient (Wildman–Crippen LogP) is 7.25. The maximum absolute atomic E-state index is 12.6. The van der Waals surface area contributed by atoms with Crippen LogP contribution in [-0.2, 0) is 4.79 Å². The molecule has 0 spiro atoms. The summed E-state index contributed by atoms with van der Waals surface area (Å²) in [4.78, 5) is 37.4. The molecule has 0 fully saturated rings. The molecule has 0 aliphatic rings. The molecule has 0 unspecified atom stereocenters. The Kier molecular flexibility index (Phi) is 9.70. The first-order valence-electron chi connectivity index (χ1n) is 11.6. The highest BCUT2D eigenvalue weighted by atomic mass is 35.5. The Labute approximate surface area is 244 Å². The van der Waals surface area contributed by atoms with Crippen LogP contribution in [0.4, 0.5) is 0 Å². The van der Waals surface area contributed by atoms with Crippen molar-refractivity contribution in [3.8, 4) is 11.5 Å². The van der Waals surface area contributed by atoms with Gasteiger partial charge in [0.05, 0.1) is 22.4 Å². The zero-order valence-corrected chi connectivity index (χ0v) is 22.8. The molecule has 0 aliphatic heterocycles. The van der Waals surface area contributed by atoms with Gasteiger partial charge in [0.2, 0.25) is 0 Å². The van der Waals surface area contributed by atoms with Gasteiger partial charge in [0, 0.05) is 27.2 Å². The standard InChI is InChI=1S/C30H19Cl3N2O5/c31-22-12-9-20(10-13-22)30(38)40-26-7-3-1-5-19(26)11-16-28(36)39-27-8-4-2-6-21(27)18-34-35-29(37)24-15-14-23(32)17-25(24)33/h1-18H,(H,35,37)/b16-11+,34-18+. The van der Waals surface area contributed by atoms with Crippen LogP contribution in [0.2, 0.25) is 15.1 Å². The van der Waals surface area contributed by atoms with Crippen molar-refractivity contribution in [2.45, 2.75) is 0 Å². The summed E-state index contributed by atoms with van der Waals surface area (Å²) in [5.41, 5.74) is 3.82. The van der Waals surface area contributed by atoms with E-state index in [2.05, 4.69) is 10.5 Å². The number of carbonyl (C=O) groups is 3. The lowest BCUT2D eigenvalue weighted by molar-refractivity contribution is -0.128. The van der Waals surface area contributed by atoms with Crippen molar-refractivity contribution in [1.82, 2.24) is 5.43 Å². The Bertz CT molecular complexity index is 1620. The molecule has 10 heteroatoms. The van der Waals surface area contributed by atoms with Crippen molar-refractivity contribution in [1.29, 1.82) is 0 Å². The number of nitrogens with one attached hydrogen (secondary N) is 1. The molecule has 1 amide bonds. The maximum Gasteiger partial charge on any atom is 0.343 e. The van der Waals surface area contributed by atoms with Gasteiger partial charge in [-0.15, -0.1) is 0 Å². The number of benzene rings is 4. The number of ether oxygens (including phenoxy) is 2. The molecule has 4 rings (SSSR count). The number of nitrogens with zero attached hydrogens (tertiary/aromatic N) is 1. The molecular weight excluding hydrogens is 575 g/mol. The van der Waals surface area contributed by atoms with Crippen molar-refractivity contribution in [2.24, 2.45) is 5.10 Å². The number of esters is 2. The van der Waals surface area contributed by atoms with E-state index in [0.29, 0.717) is 26.7 Å². The van der Waals surface area contributed by atoms with Crippen molar-refractivity contribution >= 4 is 64.9 Å². The summed E-state index contributed by atoms with van der Waals surface area (Å²) < 4.78 is 11.0. The molecule has 4 aromatic rings. The van der Waals surface area contributed by atoms with E-state index in [0.717, 1.165) is 0 Å². The van der Waals surface area contributed by atoms with Gasteiger partial charge >= 0.3 is 11.9 Å². The van der Waals surface area contributed by atoms with Gasteiger partial charge in [-0.3, -0.25) is 4.79 Å². The number of halogens is 3. The van der Waals surface area contributed by atoms with Crippen molar-refractivity contribution < 1.29 is 23.9 Å². The van der Waals surface area contributed by atoms with E-state index in [1.807, 2.05) is 0 Å². The van der Waals surface area contributed by atoms with E-state index in [4.69, 9.17) is 44.3 Å². The summed E-state index contributed by atoms with van der Waals surface area (Å²) in [6, 6.07) is 24.1. The molecule has 0 bridgehead atoms. The highest BCUT2D eigenvalue weighted by Crippen LogP contribution is 2.23. The Morgan fingerprint density at radius 1 is 0.725 bits per heavy atom. The van der Waals surface area contributed by atoms with E-state index < -0.39 is 17.8 Å². The lowest BCUT2D eigenvalue weighted by Crippen LogP contribution is -2.18. The molecule has 40 heavy (non-hydrogen) atoms. The first-order valence-corrected chi connectivity index (χ1v) is 12.8. The van der Waals surface area contributed by atoms with Crippen LogP contribution in [0.1, 0.15) is 31.8 Å². The summed E-state index contributed by atoms with van der Waals surface area (Å²) in [6.07, 6.45) is 4.01. The lowest BCUT2D eigenvalue weighted by Gasteiger charge is -2.08. The molecule has 4 aromatic carbocycles. The van der Waals surface area contributed by atoms with Crippen LogP contribution in [0.25, 0.3) is 6.08 Å². The van der Waals surface area contributed by atoms with E-state index in [9.17, 15) is 14.4 Å². The third-order valence-electron chi connectivity index (χ3n) is 5.28. The molecule has 0 atom stereocenters. The van der Waals surface area contributed by atoms with Crippen LogP contribution in [0.5, 0.6) is 11.5 Å². The second-order valence-electron chi connectivity index (χ2n) is 8.05. The molecule has 0 aliphatic carbocycles. The first kappa shape index (κ1) is 28.6. The first-order chi connectivity index (χ1) is 19.3. The second kappa shape index (κ2) is 13.6. The second-order valence-corrected chi connectivity index (χ2v) is 9.33. The zero-order valence-electron chi connectivity index (χ0n) is 20.5. The van der Waals surface area contributed by atoms with Crippen molar-refractivity contribution in [2.75, 3.05) is 0 Å². The highest BCUT2D eigenvalue weighted by Gasteiger charge is 2.12. The topological polar surface area (TPSA) is 94.1 Å². The van der Waals surface area contributed by atoms with Gasteiger partial charge in [-0.25, -0.2) is 15.0 Å². The molecule has 0 heterocycles. The van der Waals surface area contributed by atoms with Crippen molar-refractivity contribution in [3.63, 3.8) is 0 Å². The Morgan fingerprint density at radius 2 is 1.35 bits per heavy atom. The fourth-order valence-corrected chi connectivity index (χ4v) is 3.95. The minimum absolute atomic E-state index is 0.183. The van der Waals surface area contributed by atoms with Gasteiger partial charge < -0.3 is 9.47 Å². The number of hydrazone groups is 1. The summed E-state index contributed by atoms with van der Waals surface area (Å²) in [7, 11) is 0. The smallest absolute Gasteiger partial charge is 0.343 e. The molecule has 0 aromatic heterocycles. The summed E-state index contributed by atoms with van der Waals surface area (Å²) in [5, 5.41) is 5.01. The van der Waals surface area contributed by atoms with Gasteiger partial charge in [-0.2, -0.15) is 5.10 Å². The van der Waals surface area contributed by atoms with Crippen LogP contribution < -0.4 is 14.9 Å². The third-order valence-corrected chi connectivity index (χ3v) is 6.08. The summed E-state index contributed by atoms with van der Waals surface area (Å²) in [5.74, 6) is -1.32. The van der Waals surface area contributed by atoms with Gasteiger partial charge in [0.1, 0.15) is 11.5 Å². The van der Waals surface area contributed by atoms with Gasteiger partial charge in [0.15, 0.2) is 0 Å². The third kappa shape index (κ3) is 7.80. The zero-order chi connectivity index (χ0) is 28.5. The fourth-order valence-electron chi connectivity index (χ4n) is 3.33. The summed E-state index contributed by atoms with van der Waals surface area (Å²) >= 11 is 17.8. The molecule has 200 valence electrons.